The summed E-state index contributed by atoms with van der Waals surface area (Å²) in [6, 6.07) is 10.0. The molecule has 0 aliphatic rings. The second-order valence-corrected chi connectivity index (χ2v) is 4.01. The van der Waals surface area contributed by atoms with Gasteiger partial charge < -0.3 is 4.57 Å². The van der Waals surface area contributed by atoms with Crippen molar-refractivity contribution in [3.63, 3.8) is 0 Å². The lowest BCUT2D eigenvalue weighted by Gasteiger charge is -2.00. The van der Waals surface area contributed by atoms with Crippen LogP contribution in [-0.4, -0.2) is 8.94 Å². The summed E-state index contributed by atoms with van der Waals surface area (Å²) in [5.74, 6) is 0.874. The van der Waals surface area contributed by atoms with E-state index >= 15 is 0 Å². The van der Waals surface area contributed by atoms with Crippen molar-refractivity contribution in [2.45, 2.75) is 6.42 Å². The Morgan fingerprint density at radius 2 is 2.12 bits per heavy atom. The van der Waals surface area contributed by atoms with Gasteiger partial charge in [-0.3, -0.25) is 0 Å². The Labute approximate surface area is 96.2 Å². The van der Waals surface area contributed by atoms with Gasteiger partial charge in [0.2, 0.25) is 4.80 Å². The summed E-state index contributed by atoms with van der Waals surface area (Å²) in [6.07, 6.45) is 0.724. The van der Waals surface area contributed by atoms with Gasteiger partial charge in [-0.25, -0.2) is 0 Å². The highest BCUT2D eigenvalue weighted by Crippen LogP contribution is 2.05. The number of rotatable bonds is 3. The molecule has 1 aromatic carbocycles. The zero-order chi connectivity index (χ0) is 11.4. The molecule has 2 rings (SSSR count). The lowest BCUT2D eigenvalue weighted by atomic mass is 10.1. The number of benzene rings is 1. The maximum absolute atomic E-state index is 10.0. The van der Waals surface area contributed by atoms with Gasteiger partial charge in [-0.1, -0.05) is 35.4 Å². The molecule has 1 heterocycles. The van der Waals surface area contributed by atoms with Crippen LogP contribution in [0.3, 0.4) is 0 Å². The zero-order valence-corrected chi connectivity index (χ0v) is 9.52. The Morgan fingerprint density at radius 1 is 1.38 bits per heavy atom. The van der Waals surface area contributed by atoms with E-state index in [1.54, 1.807) is 4.57 Å². The quantitative estimate of drug-likeness (QED) is 0.599. The van der Waals surface area contributed by atoms with E-state index in [4.69, 9.17) is 0 Å². The minimum atomic E-state index is 0.515. The summed E-state index contributed by atoms with van der Waals surface area (Å²) in [7, 11) is 1.83. The number of nitrogens with zero attached hydrogens (tertiary/aromatic N) is 4. The van der Waals surface area contributed by atoms with E-state index in [1.807, 2.05) is 37.4 Å². The van der Waals surface area contributed by atoms with Gasteiger partial charge in [0.15, 0.2) is 0 Å². The molecule has 0 N–H and O–H groups in total. The fourth-order valence-corrected chi connectivity index (χ4v) is 2.05. The molecule has 0 fully saturated rings. The molecule has 0 bridgehead atoms. The number of aromatic nitrogens is 2. The van der Waals surface area contributed by atoms with Crippen LogP contribution in [0.15, 0.2) is 40.7 Å². The third-order valence-electron chi connectivity index (χ3n) is 2.24. The van der Waals surface area contributed by atoms with Crippen LogP contribution < -0.4 is 4.80 Å². The van der Waals surface area contributed by atoms with Gasteiger partial charge in [0.05, 0.1) is 5.29 Å². The summed E-state index contributed by atoms with van der Waals surface area (Å²) < 4.78 is 6.02. The van der Waals surface area contributed by atoms with Crippen LogP contribution in [0.25, 0.3) is 0 Å². The first-order valence-electron chi connectivity index (χ1n) is 4.73. The standard InChI is InChI=1S/C10H10N4OS/c1-14-9(12-16-10(14)11-13-15)7-8-5-3-2-4-6-8/h2-6H,7H2,1H3. The molecular weight excluding hydrogens is 224 g/mol. The molecule has 0 aliphatic heterocycles. The monoisotopic (exact) mass is 234 g/mol. The third kappa shape index (κ3) is 2.22. The Kier molecular flexibility index (Phi) is 3.21. The lowest BCUT2D eigenvalue weighted by molar-refractivity contribution is 0.775. The van der Waals surface area contributed by atoms with E-state index in [0.29, 0.717) is 4.80 Å². The van der Waals surface area contributed by atoms with Crippen molar-refractivity contribution in [3.05, 3.63) is 51.4 Å². The summed E-state index contributed by atoms with van der Waals surface area (Å²) in [4.78, 5) is 10.6. The molecule has 0 spiro atoms. The molecule has 2 aromatic rings. The van der Waals surface area contributed by atoms with E-state index in [2.05, 4.69) is 14.8 Å². The first-order chi connectivity index (χ1) is 7.81. The molecular formula is C10H10N4OS. The number of nitroso groups, excluding NO2 is 1. The Morgan fingerprint density at radius 3 is 2.81 bits per heavy atom. The Bertz CT molecular complexity index is 543. The zero-order valence-electron chi connectivity index (χ0n) is 8.70. The first-order valence-corrected chi connectivity index (χ1v) is 5.50. The molecule has 0 unspecified atom stereocenters. The molecule has 0 amide bonds. The van der Waals surface area contributed by atoms with Gasteiger partial charge >= 0.3 is 0 Å². The highest BCUT2D eigenvalue weighted by atomic mass is 32.1. The predicted octanol–water partition coefficient (Wildman–Crippen LogP) is 1.65. The van der Waals surface area contributed by atoms with Crippen LogP contribution >= 0.6 is 11.5 Å². The van der Waals surface area contributed by atoms with Crippen molar-refractivity contribution in [3.8, 4) is 0 Å². The van der Waals surface area contributed by atoms with Crippen molar-refractivity contribution in [1.82, 2.24) is 8.94 Å². The summed E-state index contributed by atoms with van der Waals surface area (Å²) in [5.41, 5.74) is 1.18. The predicted molar refractivity (Wildman–Crippen MR) is 61.7 cm³/mol. The normalized spacial score (nSPS) is 11.7. The summed E-state index contributed by atoms with van der Waals surface area (Å²) in [5, 5.41) is 5.97. The molecule has 0 aliphatic carbocycles. The van der Waals surface area contributed by atoms with Gasteiger partial charge in [-0.05, 0) is 5.56 Å². The average molecular weight is 234 g/mol. The van der Waals surface area contributed by atoms with Crippen molar-refractivity contribution in [2.75, 3.05) is 0 Å². The topological polar surface area (TPSA) is 59.6 Å². The molecule has 5 nitrogen and oxygen atoms in total. The molecule has 0 radical (unpaired) electrons. The van der Waals surface area contributed by atoms with Crippen LogP contribution in [0.1, 0.15) is 11.4 Å². The Hall–Kier alpha value is -1.82. The number of hydrogen-bond acceptors (Lipinski definition) is 4. The van der Waals surface area contributed by atoms with Crippen LogP contribution in [0.4, 0.5) is 0 Å². The molecule has 0 saturated heterocycles. The minimum Gasteiger partial charge on any atom is -0.305 e. The van der Waals surface area contributed by atoms with Crippen LogP contribution in [0.5, 0.6) is 0 Å². The van der Waals surface area contributed by atoms with Crippen molar-refractivity contribution < 1.29 is 0 Å². The second-order valence-electron chi connectivity index (χ2n) is 3.28. The summed E-state index contributed by atoms with van der Waals surface area (Å²) in [6.45, 7) is 0. The minimum absolute atomic E-state index is 0.515. The van der Waals surface area contributed by atoms with E-state index in [-0.39, 0.29) is 0 Å². The molecule has 16 heavy (non-hydrogen) atoms. The molecule has 0 atom stereocenters. The van der Waals surface area contributed by atoms with Crippen LogP contribution in [0, 0.1) is 4.91 Å². The fraction of sp³-hybridized carbons (Fsp3) is 0.200. The largest absolute Gasteiger partial charge is 0.305 e. The summed E-state index contributed by atoms with van der Waals surface area (Å²) >= 11 is 1.17. The van der Waals surface area contributed by atoms with Gasteiger partial charge in [-0.15, -0.1) is 4.91 Å². The highest BCUT2D eigenvalue weighted by Gasteiger charge is 2.04. The lowest BCUT2D eigenvalue weighted by Crippen LogP contribution is -2.13. The van der Waals surface area contributed by atoms with Gasteiger partial charge in [0, 0.05) is 25.0 Å². The fourth-order valence-electron chi connectivity index (χ4n) is 1.38. The van der Waals surface area contributed by atoms with Gasteiger partial charge in [0.1, 0.15) is 5.82 Å². The second kappa shape index (κ2) is 4.80. The molecule has 1 aromatic heterocycles. The Balaban J connectivity index is 2.30. The number of hydrogen-bond donors (Lipinski definition) is 0. The van der Waals surface area contributed by atoms with E-state index in [9.17, 15) is 4.91 Å². The van der Waals surface area contributed by atoms with E-state index in [0.717, 1.165) is 12.2 Å². The average Bonchev–Trinajstić information content (AvgIpc) is 2.64. The molecule has 82 valence electrons. The van der Waals surface area contributed by atoms with E-state index < -0.39 is 0 Å². The third-order valence-corrected chi connectivity index (χ3v) is 3.06. The van der Waals surface area contributed by atoms with Crippen LogP contribution in [0.2, 0.25) is 0 Å². The maximum Gasteiger partial charge on any atom is 0.232 e. The highest BCUT2D eigenvalue weighted by molar-refractivity contribution is 7.02. The smallest absolute Gasteiger partial charge is 0.232 e. The van der Waals surface area contributed by atoms with Crippen molar-refractivity contribution >= 4 is 11.5 Å². The molecule has 6 heteroatoms. The van der Waals surface area contributed by atoms with E-state index in [1.165, 1.54) is 17.1 Å². The maximum atomic E-state index is 10.0. The first kappa shape index (κ1) is 10.7. The van der Waals surface area contributed by atoms with Gasteiger partial charge in [0.25, 0.3) is 0 Å². The van der Waals surface area contributed by atoms with Crippen molar-refractivity contribution in [1.29, 1.82) is 0 Å². The SMILES string of the molecule is Cn1c(Cc2ccccc2)nsc1=NN=O. The van der Waals surface area contributed by atoms with Crippen molar-refractivity contribution in [2.24, 2.45) is 17.4 Å². The van der Waals surface area contributed by atoms with Crippen LogP contribution in [-0.2, 0) is 13.5 Å². The van der Waals surface area contributed by atoms with Gasteiger partial charge in [-0.2, -0.15) is 4.37 Å². The molecule has 0 saturated carbocycles.